The van der Waals surface area contributed by atoms with Crippen molar-refractivity contribution >= 4 is 12.0 Å². The number of nitrogens with one attached hydrogen (secondary N) is 1. The maximum absolute atomic E-state index is 10.7. The minimum absolute atomic E-state index is 0.0579. The summed E-state index contributed by atoms with van der Waals surface area (Å²) in [5.41, 5.74) is 0. The molecule has 0 radical (unpaired) electrons. The van der Waals surface area contributed by atoms with Gasteiger partial charge in [0.15, 0.2) is 0 Å². The van der Waals surface area contributed by atoms with Crippen molar-refractivity contribution in [1.82, 2.24) is 10.2 Å². The molecule has 0 aliphatic carbocycles. The van der Waals surface area contributed by atoms with E-state index in [1.165, 1.54) is 11.8 Å². The summed E-state index contributed by atoms with van der Waals surface area (Å²) in [4.78, 5) is 22.8. The lowest BCUT2D eigenvalue weighted by Gasteiger charge is -2.30. The van der Waals surface area contributed by atoms with Gasteiger partial charge in [-0.05, 0) is 24.7 Å². The number of carbonyl (C=O) groups is 2. The van der Waals surface area contributed by atoms with E-state index in [-0.39, 0.29) is 11.8 Å². The van der Waals surface area contributed by atoms with Crippen LogP contribution in [0.5, 0.6) is 0 Å². The minimum Gasteiger partial charge on any atom is -0.465 e. The van der Waals surface area contributed by atoms with Crippen LogP contribution in [-0.4, -0.2) is 41.6 Å². The van der Waals surface area contributed by atoms with Crippen LogP contribution in [0.25, 0.3) is 0 Å². The van der Waals surface area contributed by atoms with Crippen molar-refractivity contribution in [1.29, 1.82) is 0 Å². The van der Waals surface area contributed by atoms with E-state index in [1.54, 1.807) is 0 Å². The normalized spacial score (nSPS) is 17.4. The van der Waals surface area contributed by atoms with Gasteiger partial charge in [0.1, 0.15) is 0 Å². The van der Waals surface area contributed by atoms with Gasteiger partial charge in [-0.2, -0.15) is 0 Å². The van der Waals surface area contributed by atoms with Gasteiger partial charge in [0.05, 0.1) is 0 Å². The van der Waals surface area contributed by atoms with Gasteiger partial charge in [0, 0.05) is 26.6 Å². The fraction of sp³-hybridized carbons (Fsp3) is 0.867. The molecule has 1 atom stereocenters. The summed E-state index contributed by atoms with van der Waals surface area (Å²) < 4.78 is 0. The van der Waals surface area contributed by atoms with E-state index in [1.807, 2.05) is 13.8 Å². The molecule has 0 saturated carbocycles. The van der Waals surface area contributed by atoms with E-state index in [0.29, 0.717) is 19.6 Å². The van der Waals surface area contributed by atoms with Gasteiger partial charge in [-0.15, -0.1) is 0 Å². The number of amides is 2. The van der Waals surface area contributed by atoms with Crippen LogP contribution in [-0.2, 0) is 4.79 Å². The van der Waals surface area contributed by atoms with Crippen LogP contribution in [0, 0.1) is 11.8 Å². The average molecular weight is 288 g/mol. The molecule has 0 spiro atoms. The number of carboxylic acid groups (broad SMARTS) is 1. The Balaban J connectivity index is 0. The Bertz CT molecular complexity index is 265. The van der Waals surface area contributed by atoms with Gasteiger partial charge in [0.25, 0.3) is 0 Å². The van der Waals surface area contributed by atoms with Crippen molar-refractivity contribution in [3.8, 4) is 0 Å². The first kappa shape index (κ1) is 21.0. The second-order valence-electron chi connectivity index (χ2n) is 5.41. The summed E-state index contributed by atoms with van der Waals surface area (Å²) in [6.07, 6.45) is 1.01. The van der Waals surface area contributed by atoms with Crippen molar-refractivity contribution in [3.05, 3.63) is 0 Å². The summed E-state index contributed by atoms with van der Waals surface area (Å²) in [7, 11) is 0. The summed E-state index contributed by atoms with van der Waals surface area (Å²) in [6.45, 7) is 13.7. The SMILES string of the molecule is CC.CC(=O)NCC1CCCN(C(=O)O)C1.CC(C)C. The third-order valence-corrected chi connectivity index (χ3v) is 2.43. The predicted molar refractivity (Wildman–Crippen MR) is 82.9 cm³/mol. The lowest BCUT2D eigenvalue weighted by molar-refractivity contribution is -0.119. The van der Waals surface area contributed by atoms with Gasteiger partial charge in [-0.25, -0.2) is 4.79 Å². The first-order valence-corrected chi connectivity index (χ1v) is 7.55. The molecular formula is C15H32N2O3. The van der Waals surface area contributed by atoms with Crippen LogP contribution in [0.15, 0.2) is 0 Å². The number of nitrogens with zero attached hydrogens (tertiary/aromatic N) is 1. The number of likely N-dealkylation sites (tertiary alicyclic amines) is 1. The van der Waals surface area contributed by atoms with Crippen LogP contribution >= 0.6 is 0 Å². The standard InChI is InChI=1S/C9H16N2O3.C4H10.C2H6/c1-7(12)10-5-8-3-2-4-11(6-8)9(13)14;1-4(2)3;1-2/h8H,2-6H2,1H3,(H,10,12)(H,13,14);4H,1-3H3;1-2H3. The number of hydrogen-bond donors (Lipinski definition) is 2. The smallest absolute Gasteiger partial charge is 0.407 e. The number of carbonyl (C=O) groups excluding carboxylic acids is 1. The lowest BCUT2D eigenvalue weighted by atomic mass is 9.98. The third-order valence-electron chi connectivity index (χ3n) is 2.43. The molecule has 1 unspecified atom stereocenters. The van der Waals surface area contributed by atoms with Gasteiger partial charge in [0.2, 0.25) is 5.91 Å². The summed E-state index contributed by atoms with van der Waals surface area (Å²) in [5.74, 6) is 1.04. The van der Waals surface area contributed by atoms with Gasteiger partial charge in [-0.1, -0.05) is 34.6 Å². The van der Waals surface area contributed by atoms with Gasteiger partial charge < -0.3 is 15.3 Å². The average Bonchev–Trinajstić information content (AvgIpc) is 2.38. The highest BCUT2D eigenvalue weighted by atomic mass is 16.4. The van der Waals surface area contributed by atoms with E-state index in [9.17, 15) is 9.59 Å². The van der Waals surface area contributed by atoms with E-state index >= 15 is 0 Å². The van der Waals surface area contributed by atoms with Crippen LogP contribution in [0.4, 0.5) is 4.79 Å². The van der Waals surface area contributed by atoms with Gasteiger partial charge in [-0.3, -0.25) is 4.79 Å². The lowest BCUT2D eigenvalue weighted by Crippen LogP contribution is -2.42. The molecule has 1 rings (SSSR count). The molecule has 1 fully saturated rings. The van der Waals surface area contributed by atoms with Crippen molar-refractivity contribution < 1.29 is 14.7 Å². The first-order valence-electron chi connectivity index (χ1n) is 7.55. The fourth-order valence-corrected chi connectivity index (χ4v) is 1.69. The Morgan fingerprint density at radius 1 is 1.30 bits per heavy atom. The zero-order chi connectivity index (χ0) is 16.1. The molecule has 0 aromatic heterocycles. The summed E-state index contributed by atoms with van der Waals surface area (Å²) >= 11 is 0. The predicted octanol–water partition coefficient (Wildman–Crippen LogP) is 3.20. The molecule has 1 aliphatic rings. The molecule has 0 aromatic rings. The molecule has 1 heterocycles. The van der Waals surface area contributed by atoms with Crippen LogP contribution in [0.3, 0.4) is 0 Å². The molecular weight excluding hydrogens is 256 g/mol. The van der Waals surface area contributed by atoms with E-state index in [0.717, 1.165) is 18.8 Å². The molecule has 0 bridgehead atoms. The van der Waals surface area contributed by atoms with Crippen LogP contribution < -0.4 is 5.32 Å². The maximum atomic E-state index is 10.7. The topological polar surface area (TPSA) is 69.6 Å². The van der Waals surface area contributed by atoms with Crippen LogP contribution in [0.1, 0.15) is 54.4 Å². The Hall–Kier alpha value is -1.26. The maximum Gasteiger partial charge on any atom is 0.407 e. The monoisotopic (exact) mass is 288 g/mol. The Morgan fingerprint density at radius 3 is 2.20 bits per heavy atom. The summed E-state index contributed by atoms with van der Waals surface area (Å²) in [5, 5.41) is 11.5. The molecule has 0 aromatic carbocycles. The Morgan fingerprint density at radius 2 is 1.80 bits per heavy atom. The molecule has 2 amide bonds. The molecule has 5 heteroatoms. The number of hydrogen-bond acceptors (Lipinski definition) is 2. The molecule has 1 saturated heterocycles. The first-order chi connectivity index (χ1) is 9.32. The highest BCUT2D eigenvalue weighted by Crippen LogP contribution is 2.15. The second kappa shape index (κ2) is 12.8. The van der Waals surface area contributed by atoms with E-state index in [2.05, 4.69) is 26.1 Å². The molecule has 120 valence electrons. The van der Waals surface area contributed by atoms with E-state index in [4.69, 9.17) is 5.11 Å². The van der Waals surface area contributed by atoms with Crippen molar-refractivity contribution in [2.24, 2.45) is 11.8 Å². The van der Waals surface area contributed by atoms with E-state index < -0.39 is 6.09 Å². The van der Waals surface area contributed by atoms with Crippen molar-refractivity contribution in [2.75, 3.05) is 19.6 Å². The molecule has 20 heavy (non-hydrogen) atoms. The van der Waals surface area contributed by atoms with Crippen molar-refractivity contribution in [2.45, 2.75) is 54.4 Å². The molecule has 2 N–H and O–H groups in total. The quantitative estimate of drug-likeness (QED) is 0.819. The van der Waals surface area contributed by atoms with Gasteiger partial charge >= 0.3 is 6.09 Å². The number of rotatable bonds is 2. The highest BCUT2D eigenvalue weighted by molar-refractivity contribution is 5.72. The fourth-order valence-electron chi connectivity index (χ4n) is 1.69. The van der Waals surface area contributed by atoms with Crippen LogP contribution in [0.2, 0.25) is 0 Å². The largest absolute Gasteiger partial charge is 0.465 e. The number of piperidine rings is 1. The summed E-state index contributed by atoms with van der Waals surface area (Å²) in [6, 6.07) is 0. The Labute approximate surface area is 123 Å². The van der Waals surface area contributed by atoms with Crippen molar-refractivity contribution in [3.63, 3.8) is 0 Å². The molecule has 1 aliphatic heterocycles. The molecule has 5 nitrogen and oxygen atoms in total. The Kier molecular flexibility index (Phi) is 13.4. The second-order valence-corrected chi connectivity index (χ2v) is 5.41. The minimum atomic E-state index is -0.863. The third kappa shape index (κ3) is 13.2. The zero-order valence-electron chi connectivity index (χ0n) is 13.9. The highest BCUT2D eigenvalue weighted by Gasteiger charge is 2.22. The zero-order valence-corrected chi connectivity index (χ0v) is 13.9.